The zero-order chi connectivity index (χ0) is 28.3. The van der Waals surface area contributed by atoms with Gasteiger partial charge in [-0.2, -0.15) is 4.98 Å². The summed E-state index contributed by atoms with van der Waals surface area (Å²) in [7, 11) is 0. The SMILES string of the molecule is CCCCC(=O)[C@@]1(O)[C@@](O)(C(=O)CCCC)[C@@H](CO)O[C@@]1(C(=O)CCCC)n1cnc2c(=O)[nH]c(N)nc21. The highest BCUT2D eigenvalue weighted by atomic mass is 16.6. The third-order valence-electron chi connectivity index (χ3n) is 7.23. The fourth-order valence-corrected chi connectivity index (χ4v) is 5.16. The number of aromatic amines is 1. The summed E-state index contributed by atoms with van der Waals surface area (Å²) < 4.78 is 6.90. The minimum absolute atomic E-state index is 0.227. The Kier molecular flexibility index (Phi) is 8.86. The van der Waals surface area contributed by atoms with Crippen molar-refractivity contribution in [1.29, 1.82) is 0 Å². The Morgan fingerprint density at radius 2 is 1.58 bits per heavy atom. The van der Waals surface area contributed by atoms with Gasteiger partial charge in [-0.15, -0.1) is 0 Å². The molecule has 13 heteroatoms. The second-order valence-corrected chi connectivity index (χ2v) is 9.73. The van der Waals surface area contributed by atoms with E-state index in [1.54, 1.807) is 6.92 Å². The van der Waals surface area contributed by atoms with Gasteiger partial charge in [0.2, 0.25) is 17.3 Å². The number of nitrogens with two attached hydrogens (primary N) is 1. The summed E-state index contributed by atoms with van der Waals surface area (Å²) in [5.41, 5.74) is -4.55. The van der Waals surface area contributed by atoms with Crippen molar-refractivity contribution in [3.63, 3.8) is 0 Å². The van der Waals surface area contributed by atoms with E-state index in [0.717, 1.165) is 10.9 Å². The third-order valence-corrected chi connectivity index (χ3v) is 7.23. The van der Waals surface area contributed by atoms with E-state index in [0.29, 0.717) is 32.1 Å². The molecule has 0 unspecified atom stereocenters. The maximum atomic E-state index is 14.1. The number of Topliss-reactive ketones (excluding diaryl/α,β-unsaturated/α-hetero) is 3. The minimum Gasteiger partial charge on any atom is -0.394 e. The average molecular weight is 536 g/mol. The van der Waals surface area contributed by atoms with Crippen LogP contribution in [0, 0.1) is 0 Å². The smallest absolute Gasteiger partial charge is 0.280 e. The van der Waals surface area contributed by atoms with Crippen LogP contribution in [0.3, 0.4) is 0 Å². The molecule has 38 heavy (non-hydrogen) atoms. The van der Waals surface area contributed by atoms with Crippen molar-refractivity contribution in [2.45, 2.75) is 102 Å². The topological polar surface area (TPSA) is 211 Å². The van der Waals surface area contributed by atoms with Gasteiger partial charge in [0.25, 0.3) is 5.56 Å². The molecule has 0 saturated carbocycles. The summed E-state index contributed by atoms with van der Waals surface area (Å²) >= 11 is 0. The van der Waals surface area contributed by atoms with E-state index in [4.69, 9.17) is 10.5 Å². The molecule has 0 bridgehead atoms. The summed E-state index contributed by atoms with van der Waals surface area (Å²) in [4.78, 5) is 64.5. The molecule has 6 N–H and O–H groups in total. The first-order chi connectivity index (χ1) is 18.0. The highest BCUT2D eigenvalue weighted by Crippen LogP contribution is 2.53. The summed E-state index contributed by atoms with van der Waals surface area (Å²) in [6, 6.07) is 0. The summed E-state index contributed by atoms with van der Waals surface area (Å²) in [6.07, 6.45) is 0.913. The van der Waals surface area contributed by atoms with Crippen molar-refractivity contribution in [3.05, 3.63) is 16.7 Å². The quantitative estimate of drug-likeness (QED) is 0.224. The van der Waals surface area contributed by atoms with E-state index in [1.165, 1.54) is 0 Å². The number of imidazole rings is 1. The average Bonchev–Trinajstić information content (AvgIpc) is 3.41. The first-order valence-corrected chi connectivity index (χ1v) is 13.1. The monoisotopic (exact) mass is 535 g/mol. The molecule has 2 aromatic rings. The molecule has 0 radical (unpaired) electrons. The first-order valence-electron chi connectivity index (χ1n) is 13.1. The summed E-state index contributed by atoms with van der Waals surface area (Å²) in [5, 5.41) is 34.7. The number of fused-ring (bicyclic) bond motifs is 1. The van der Waals surface area contributed by atoms with E-state index >= 15 is 0 Å². The Bertz CT molecular complexity index is 1260. The van der Waals surface area contributed by atoms with E-state index in [1.807, 2.05) is 13.8 Å². The fraction of sp³-hybridized carbons (Fsp3) is 0.680. The maximum Gasteiger partial charge on any atom is 0.280 e. The van der Waals surface area contributed by atoms with Crippen molar-refractivity contribution in [3.8, 4) is 0 Å². The zero-order valence-corrected chi connectivity index (χ0v) is 22.0. The van der Waals surface area contributed by atoms with Gasteiger partial charge in [-0.1, -0.05) is 40.0 Å². The maximum absolute atomic E-state index is 14.1. The van der Waals surface area contributed by atoms with Crippen LogP contribution in [0.2, 0.25) is 0 Å². The molecule has 1 fully saturated rings. The highest BCUT2D eigenvalue weighted by Gasteiger charge is 2.81. The van der Waals surface area contributed by atoms with Crippen LogP contribution in [0.4, 0.5) is 5.95 Å². The number of hydrogen-bond donors (Lipinski definition) is 5. The molecule has 0 spiro atoms. The van der Waals surface area contributed by atoms with Gasteiger partial charge < -0.3 is 25.8 Å². The molecule has 0 aliphatic carbocycles. The number of nitrogens with zero attached hydrogens (tertiary/aromatic N) is 3. The minimum atomic E-state index is -3.19. The van der Waals surface area contributed by atoms with Crippen LogP contribution in [-0.2, 0) is 24.8 Å². The number of hydrogen-bond acceptors (Lipinski definition) is 11. The number of H-pyrrole nitrogens is 1. The summed E-state index contributed by atoms with van der Waals surface area (Å²) in [6.45, 7) is 4.45. The first kappa shape index (κ1) is 29.6. The van der Waals surface area contributed by atoms with Crippen LogP contribution in [-0.4, -0.2) is 76.1 Å². The molecule has 0 amide bonds. The van der Waals surface area contributed by atoms with E-state index in [-0.39, 0.29) is 42.8 Å². The highest BCUT2D eigenvalue weighted by molar-refractivity contribution is 6.07. The van der Waals surface area contributed by atoms with Gasteiger partial charge >= 0.3 is 0 Å². The number of carbonyl (C=O) groups is 3. The molecule has 1 aliphatic rings. The van der Waals surface area contributed by atoms with Crippen molar-refractivity contribution < 1.29 is 34.4 Å². The van der Waals surface area contributed by atoms with Gasteiger partial charge in [0, 0.05) is 19.3 Å². The largest absolute Gasteiger partial charge is 0.394 e. The molecule has 1 saturated heterocycles. The van der Waals surface area contributed by atoms with Crippen molar-refractivity contribution in [1.82, 2.24) is 19.5 Å². The number of ketones is 3. The van der Waals surface area contributed by atoms with Crippen molar-refractivity contribution in [2.24, 2.45) is 0 Å². The number of aliphatic hydroxyl groups is 3. The second kappa shape index (κ2) is 11.4. The Morgan fingerprint density at radius 1 is 1.03 bits per heavy atom. The van der Waals surface area contributed by atoms with Crippen LogP contribution >= 0.6 is 0 Å². The van der Waals surface area contributed by atoms with E-state index in [9.17, 15) is 34.5 Å². The van der Waals surface area contributed by atoms with Gasteiger partial charge in [-0.3, -0.25) is 28.7 Å². The van der Waals surface area contributed by atoms with Crippen LogP contribution in [0.15, 0.2) is 11.1 Å². The fourth-order valence-electron chi connectivity index (χ4n) is 5.16. The Labute approximate surface area is 219 Å². The number of nitrogen functional groups attached to an aromatic ring is 1. The van der Waals surface area contributed by atoms with Crippen molar-refractivity contribution in [2.75, 3.05) is 12.3 Å². The van der Waals surface area contributed by atoms with Gasteiger partial charge in [-0.05, 0) is 19.3 Å². The van der Waals surface area contributed by atoms with Gasteiger partial charge in [0.05, 0.1) is 6.61 Å². The lowest BCUT2D eigenvalue weighted by Crippen LogP contribution is -2.73. The molecule has 3 rings (SSSR count). The van der Waals surface area contributed by atoms with E-state index in [2.05, 4.69) is 15.0 Å². The number of aliphatic hydroxyl groups excluding tert-OH is 1. The Hall–Kier alpha value is -3.00. The van der Waals surface area contributed by atoms with Gasteiger partial charge in [0.1, 0.15) is 12.4 Å². The molecule has 3 heterocycles. The molecule has 2 aromatic heterocycles. The molecule has 4 atom stereocenters. The number of nitrogens with one attached hydrogen (secondary N) is 1. The Balaban J connectivity index is 2.46. The van der Waals surface area contributed by atoms with Crippen LogP contribution in [0.5, 0.6) is 0 Å². The molecule has 13 nitrogen and oxygen atoms in total. The molecule has 1 aliphatic heterocycles. The van der Waals surface area contributed by atoms with Crippen LogP contribution in [0.25, 0.3) is 11.2 Å². The third kappa shape index (κ3) is 4.27. The lowest BCUT2D eigenvalue weighted by Gasteiger charge is -2.44. The predicted molar refractivity (Wildman–Crippen MR) is 136 cm³/mol. The van der Waals surface area contributed by atoms with Crippen LogP contribution < -0.4 is 11.3 Å². The lowest BCUT2D eigenvalue weighted by atomic mass is 9.67. The molecule has 0 aromatic carbocycles. The molecule has 210 valence electrons. The van der Waals surface area contributed by atoms with E-state index < -0.39 is 52.5 Å². The number of anilines is 1. The normalized spacial score (nSPS) is 27.2. The number of rotatable bonds is 14. The Morgan fingerprint density at radius 3 is 2.13 bits per heavy atom. The number of carbonyl (C=O) groups excluding carboxylic acids is 3. The number of unbranched alkanes of at least 4 members (excludes halogenated alkanes) is 3. The number of ether oxygens (including phenoxy) is 1. The van der Waals surface area contributed by atoms with Gasteiger partial charge in [-0.25, -0.2) is 4.98 Å². The van der Waals surface area contributed by atoms with Crippen molar-refractivity contribution >= 4 is 34.5 Å². The lowest BCUT2D eigenvalue weighted by molar-refractivity contribution is -0.209. The van der Waals surface area contributed by atoms with Gasteiger partial charge in [0.15, 0.2) is 34.1 Å². The zero-order valence-electron chi connectivity index (χ0n) is 22.0. The molecular formula is C25H37N5O8. The standard InChI is InChI=1S/C25H37N5O8/c1-4-7-10-15(32)23(36)18(13-31)38-25(17(34)12-9-6-3,24(23,37)16(33)11-8-5-2)30-14-27-19-20(30)28-22(26)29-21(19)35/h14,18,31,36-37H,4-13H2,1-3H3,(H3,26,28,29,35)/t18-,23-,24-,25-/m1/s1. The predicted octanol–water partition coefficient (Wildman–Crippen LogP) is 0.486. The second-order valence-electron chi connectivity index (χ2n) is 9.73. The molecular weight excluding hydrogens is 498 g/mol. The number of aromatic nitrogens is 4. The van der Waals surface area contributed by atoms with Crippen LogP contribution in [0.1, 0.15) is 78.6 Å². The summed E-state index contributed by atoms with van der Waals surface area (Å²) in [5.74, 6) is -3.17.